The molecule has 0 bridgehead atoms. The Morgan fingerprint density at radius 1 is 1.17 bits per heavy atom. The van der Waals surface area contributed by atoms with Crippen LogP contribution in [0, 0.1) is 6.92 Å². The van der Waals surface area contributed by atoms with E-state index in [-0.39, 0.29) is 24.2 Å². The number of amides is 2. The lowest BCUT2D eigenvalue weighted by molar-refractivity contribution is 0.00775. The number of piperidine rings is 1. The Balaban J connectivity index is 1.28. The molecule has 0 spiro atoms. The van der Waals surface area contributed by atoms with Crippen molar-refractivity contribution in [2.24, 2.45) is 0 Å². The van der Waals surface area contributed by atoms with E-state index < -0.39 is 0 Å². The van der Waals surface area contributed by atoms with Crippen molar-refractivity contribution in [2.45, 2.75) is 76.6 Å². The molecule has 29 heavy (non-hydrogen) atoms. The summed E-state index contributed by atoms with van der Waals surface area (Å²) in [5.74, 6) is 0.808. The molecule has 1 aliphatic heterocycles. The Morgan fingerprint density at radius 2 is 1.90 bits per heavy atom. The number of aryl methyl sites for hydroxylation is 1. The summed E-state index contributed by atoms with van der Waals surface area (Å²) >= 11 is 0. The molecule has 3 atom stereocenters. The van der Waals surface area contributed by atoms with Crippen LogP contribution in [0.15, 0.2) is 28.7 Å². The van der Waals surface area contributed by atoms with Gasteiger partial charge in [-0.2, -0.15) is 0 Å². The van der Waals surface area contributed by atoms with Gasteiger partial charge in [-0.3, -0.25) is 4.90 Å². The summed E-state index contributed by atoms with van der Waals surface area (Å²) in [5, 5.41) is 17.5. The number of nitrogens with one attached hydrogen (secondary N) is 2. The lowest BCUT2D eigenvalue weighted by Crippen LogP contribution is -2.53. The van der Waals surface area contributed by atoms with Gasteiger partial charge in [-0.15, -0.1) is 0 Å². The van der Waals surface area contributed by atoms with E-state index in [0.717, 1.165) is 67.5 Å². The zero-order valence-corrected chi connectivity index (χ0v) is 17.5. The molecule has 1 aliphatic carbocycles. The highest BCUT2D eigenvalue weighted by molar-refractivity contribution is 5.82. The van der Waals surface area contributed by atoms with E-state index in [9.17, 15) is 9.90 Å². The van der Waals surface area contributed by atoms with Crippen LogP contribution < -0.4 is 10.6 Å². The van der Waals surface area contributed by atoms with Crippen LogP contribution in [0.5, 0.6) is 0 Å². The van der Waals surface area contributed by atoms with Gasteiger partial charge in [0.25, 0.3) is 0 Å². The van der Waals surface area contributed by atoms with Gasteiger partial charge in [0.1, 0.15) is 11.3 Å². The molecular formula is C23H33N3O3. The zero-order chi connectivity index (χ0) is 20.4. The van der Waals surface area contributed by atoms with Crippen molar-refractivity contribution < 1.29 is 14.3 Å². The van der Waals surface area contributed by atoms with Crippen molar-refractivity contribution >= 4 is 17.0 Å². The van der Waals surface area contributed by atoms with Gasteiger partial charge in [-0.1, -0.05) is 31.0 Å². The minimum Gasteiger partial charge on any atom is -0.459 e. The molecule has 6 heteroatoms. The van der Waals surface area contributed by atoms with Crippen LogP contribution in [0.4, 0.5) is 4.79 Å². The van der Waals surface area contributed by atoms with Crippen molar-refractivity contribution in [1.29, 1.82) is 0 Å². The summed E-state index contributed by atoms with van der Waals surface area (Å²) in [6.45, 7) is 5.86. The highest BCUT2D eigenvalue weighted by Gasteiger charge is 2.32. The fourth-order valence-corrected chi connectivity index (χ4v) is 4.99. The Bertz CT molecular complexity index is 841. The number of carbonyl (C=O) groups excluding carboxylic acids is 1. The van der Waals surface area contributed by atoms with Crippen LogP contribution in [0.1, 0.15) is 62.8 Å². The topological polar surface area (TPSA) is 77.7 Å². The molecule has 2 aliphatic rings. The number of hydrogen-bond acceptors (Lipinski definition) is 4. The minimum absolute atomic E-state index is 0.145. The van der Waals surface area contributed by atoms with E-state index in [4.69, 9.17) is 4.42 Å². The van der Waals surface area contributed by atoms with Gasteiger partial charge in [0, 0.05) is 36.1 Å². The van der Waals surface area contributed by atoms with E-state index in [0.29, 0.717) is 6.04 Å². The Kier molecular flexibility index (Phi) is 6.11. The van der Waals surface area contributed by atoms with Gasteiger partial charge < -0.3 is 20.2 Å². The van der Waals surface area contributed by atoms with E-state index in [1.165, 1.54) is 6.42 Å². The van der Waals surface area contributed by atoms with Gasteiger partial charge in [-0.25, -0.2) is 4.79 Å². The van der Waals surface area contributed by atoms with Gasteiger partial charge >= 0.3 is 6.03 Å². The molecule has 4 rings (SSSR count). The van der Waals surface area contributed by atoms with Crippen LogP contribution in [-0.4, -0.2) is 47.3 Å². The number of para-hydroxylation sites is 1. The van der Waals surface area contributed by atoms with Crippen LogP contribution in [0.25, 0.3) is 11.0 Å². The van der Waals surface area contributed by atoms with Crippen molar-refractivity contribution in [3.05, 3.63) is 35.6 Å². The standard InChI is InChI=1S/C23H33N3O3/c1-15-18-7-3-6-10-21(18)29-22(15)16(2)24-23(28)25-17-11-13-26(14-12-17)19-8-4-5-9-20(19)27/h3,6-7,10,16-17,19-20,27H,4-5,8-9,11-14H2,1-2H3,(H2,24,25,28)/t16-,19?,20?/m1/s1. The fraction of sp³-hybridized carbons (Fsp3) is 0.609. The maximum atomic E-state index is 12.5. The largest absolute Gasteiger partial charge is 0.459 e. The van der Waals surface area contributed by atoms with E-state index in [1.807, 2.05) is 38.1 Å². The number of aliphatic hydroxyl groups excluding tert-OH is 1. The first-order valence-corrected chi connectivity index (χ1v) is 11.0. The molecule has 6 nitrogen and oxygen atoms in total. The van der Waals surface area contributed by atoms with Crippen LogP contribution in [-0.2, 0) is 0 Å². The second-order valence-electron chi connectivity index (χ2n) is 8.66. The minimum atomic E-state index is -0.195. The molecule has 158 valence electrons. The van der Waals surface area contributed by atoms with E-state index >= 15 is 0 Å². The molecule has 1 saturated heterocycles. The second kappa shape index (κ2) is 8.76. The third-order valence-corrected chi connectivity index (χ3v) is 6.65. The summed E-state index contributed by atoms with van der Waals surface area (Å²) < 4.78 is 5.97. The molecule has 0 radical (unpaired) electrons. The SMILES string of the molecule is Cc1c([C@@H](C)NC(=O)NC2CCN(C3CCCCC3O)CC2)oc2ccccc12. The number of carbonyl (C=O) groups is 1. The maximum Gasteiger partial charge on any atom is 0.315 e. The number of likely N-dealkylation sites (tertiary alicyclic amines) is 1. The third-order valence-electron chi connectivity index (χ3n) is 6.65. The van der Waals surface area contributed by atoms with Crippen molar-refractivity contribution in [2.75, 3.05) is 13.1 Å². The third kappa shape index (κ3) is 4.43. The number of urea groups is 1. The van der Waals surface area contributed by atoms with Crippen LogP contribution >= 0.6 is 0 Å². The quantitative estimate of drug-likeness (QED) is 0.729. The second-order valence-corrected chi connectivity index (χ2v) is 8.66. The molecule has 2 aromatic rings. The van der Waals surface area contributed by atoms with Crippen LogP contribution in [0.2, 0.25) is 0 Å². The number of hydrogen-bond donors (Lipinski definition) is 3. The van der Waals surface area contributed by atoms with Gasteiger partial charge in [0.2, 0.25) is 0 Å². The molecule has 2 heterocycles. The first kappa shape index (κ1) is 20.2. The van der Waals surface area contributed by atoms with Crippen molar-refractivity contribution in [3.8, 4) is 0 Å². The Hall–Kier alpha value is -2.05. The fourth-order valence-electron chi connectivity index (χ4n) is 4.99. The lowest BCUT2D eigenvalue weighted by atomic mass is 9.89. The lowest BCUT2D eigenvalue weighted by Gasteiger charge is -2.41. The highest BCUT2D eigenvalue weighted by atomic mass is 16.3. The van der Waals surface area contributed by atoms with Gasteiger partial charge in [0.05, 0.1) is 12.1 Å². The summed E-state index contributed by atoms with van der Waals surface area (Å²) in [7, 11) is 0. The molecule has 2 unspecified atom stereocenters. The normalized spacial score (nSPS) is 25.1. The number of furan rings is 1. The first-order chi connectivity index (χ1) is 14.0. The smallest absolute Gasteiger partial charge is 0.315 e. The number of nitrogens with zero attached hydrogens (tertiary/aromatic N) is 1. The van der Waals surface area contributed by atoms with Crippen molar-refractivity contribution in [1.82, 2.24) is 15.5 Å². The maximum absolute atomic E-state index is 12.5. The molecular weight excluding hydrogens is 366 g/mol. The molecule has 2 fully saturated rings. The van der Waals surface area contributed by atoms with Gasteiger partial charge in [0.15, 0.2) is 0 Å². The van der Waals surface area contributed by atoms with Crippen molar-refractivity contribution in [3.63, 3.8) is 0 Å². The molecule has 1 aromatic heterocycles. The predicted molar refractivity (Wildman–Crippen MR) is 114 cm³/mol. The average Bonchev–Trinajstić information content (AvgIpc) is 3.06. The number of fused-ring (bicyclic) bond motifs is 1. The van der Waals surface area contributed by atoms with Crippen LogP contribution in [0.3, 0.4) is 0 Å². The Labute approximate surface area is 172 Å². The summed E-state index contributed by atoms with van der Waals surface area (Å²) in [6, 6.07) is 8.09. The molecule has 2 amide bonds. The number of benzene rings is 1. The number of aliphatic hydroxyl groups is 1. The summed E-state index contributed by atoms with van der Waals surface area (Å²) in [4.78, 5) is 15.0. The first-order valence-electron chi connectivity index (χ1n) is 11.0. The van der Waals surface area contributed by atoms with E-state index in [2.05, 4.69) is 15.5 Å². The number of rotatable bonds is 4. The summed E-state index contributed by atoms with van der Waals surface area (Å²) in [5.41, 5.74) is 1.93. The highest BCUT2D eigenvalue weighted by Crippen LogP contribution is 2.29. The average molecular weight is 400 g/mol. The molecule has 3 N–H and O–H groups in total. The molecule has 1 aromatic carbocycles. The van der Waals surface area contributed by atoms with E-state index in [1.54, 1.807) is 0 Å². The Morgan fingerprint density at radius 3 is 2.62 bits per heavy atom. The predicted octanol–water partition coefficient (Wildman–Crippen LogP) is 3.87. The summed E-state index contributed by atoms with van der Waals surface area (Å²) in [6.07, 6.45) is 6.02. The monoisotopic (exact) mass is 399 g/mol. The van der Waals surface area contributed by atoms with Gasteiger partial charge in [-0.05, 0) is 45.6 Å². The molecule has 1 saturated carbocycles. The zero-order valence-electron chi connectivity index (χ0n) is 17.5.